The number of likely N-dealkylation sites (tertiary alicyclic amines) is 1. The summed E-state index contributed by atoms with van der Waals surface area (Å²) in [5.74, 6) is -0.131. The van der Waals surface area contributed by atoms with Gasteiger partial charge in [-0.2, -0.15) is 0 Å². The van der Waals surface area contributed by atoms with E-state index < -0.39 is 0 Å². The second kappa shape index (κ2) is 7.68. The van der Waals surface area contributed by atoms with Crippen molar-refractivity contribution >= 4 is 17.2 Å². The lowest BCUT2D eigenvalue weighted by atomic mass is 10.1. The number of hydrogen-bond acceptors (Lipinski definition) is 5. The molecule has 2 aromatic rings. The van der Waals surface area contributed by atoms with E-state index in [0.717, 1.165) is 30.2 Å². The summed E-state index contributed by atoms with van der Waals surface area (Å²) in [6.07, 6.45) is 2.48. The highest BCUT2D eigenvalue weighted by molar-refractivity contribution is 7.09. The summed E-state index contributed by atoms with van der Waals surface area (Å²) in [6, 6.07) is 10.1. The Morgan fingerprint density at radius 3 is 2.70 bits per heavy atom. The Morgan fingerprint density at radius 1 is 1.30 bits per heavy atom. The van der Waals surface area contributed by atoms with Gasteiger partial charge >= 0.3 is 0 Å². The van der Waals surface area contributed by atoms with E-state index >= 15 is 0 Å². The Bertz CT molecular complexity index is 637. The van der Waals surface area contributed by atoms with Gasteiger partial charge in [0.25, 0.3) is 5.91 Å². The zero-order chi connectivity index (χ0) is 16.1. The number of carbonyl (C=O) groups excluding carboxylic acids is 1. The summed E-state index contributed by atoms with van der Waals surface area (Å²) in [5.41, 5.74) is 7.16. The second-order valence-corrected chi connectivity index (χ2v) is 6.72. The Balaban J connectivity index is 1.73. The van der Waals surface area contributed by atoms with Gasteiger partial charge in [0.2, 0.25) is 0 Å². The van der Waals surface area contributed by atoms with Crippen LogP contribution in [0.15, 0.2) is 35.7 Å². The van der Waals surface area contributed by atoms with Crippen molar-refractivity contribution in [2.24, 2.45) is 5.73 Å². The monoisotopic (exact) mass is 330 g/mol. The molecule has 23 heavy (non-hydrogen) atoms. The zero-order valence-corrected chi connectivity index (χ0v) is 13.9. The van der Waals surface area contributed by atoms with Gasteiger partial charge in [0.15, 0.2) is 0 Å². The molecule has 1 amide bonds. The molecule has 0 saturated carbocycles. The molecule has 1 aromatic carbocycles. The van der Waals surface area contributed by atoms with Crippen molar-refractivity contribution in [1.29, 1.82) is 0 Å². The maximum atomic E-state index is 12.5. The van der Waals surface area contributed by atoms with E-state index in [2.05, 4.69) is 27.3 Å². The molecule has 3 N–H and O–H groups in total. The van der Waals surface area contributed by atoms with Gasteiger partial charge in [-0.1, -0.05) is 30.3 Å². The van der Waals surface area contributed by atoms with Crippen LogP contribution in [0.4, 0.5) is 0 Å². The molecule has 1 fully saturated rings. The van der Waals surface area contributed by atoms with E-state index in [1.54, 1.807) is 5.38 Å². The van der Waals surface area contributed by atoms with E-state index in [1.165, 1.54) is 24.2 Å². The highest BCUT2D eigenvalue weighted by Gasteiger charge is 2.22. The number of aromatic nitrogens is 1. The van der Waals surface area contributed by atoms with Gasteiger partial charge < -0.3 is 16.0 Å². The third kappa shape index (κ3) is 4.16. The fourth-order valence-electron chi connectivity index (χ4n) is 2.88. The molecule has 1 aliphatic heterocycles. The number of benzene rings is 1. The summed E-state index contributed by atoms with van der Waals surface area (Å²) in [4.78, 5) is 19.2. The number of nitrogens with one attached hydrogen (secondary N) is 1. The van der Waals surface area contributed by atoms with Crippen LogP contribution in [0.2, 0.25) is 0 Å². The first kappa shape index (κ1) is 16.1. The molecule has 1 aromatic heterocycles. The number of rotatable bonds is 6. The molecule has 5 nitrogen and oxygen atoms in total. The molecule has 1 unspecified atom stereocenters. The quantitative estimate of drug-likeness (QED) is 0.851. The topological polar surface area (TPSA) is 71.2 Å². The fourth-order valence-corrected chi connectivity index (χ4v) is 3.54. The molecule has 1 aliphatic rings. The van der Waals surface area contributed by atoms with Gasteiger partial charge in [0, 0.05) is 18.5 Å². The lowest BCUT2D eigenvalue weighted by Gasteiger charge is -2.24. The molecular weight excluding hydrogens is 308 g/mol. The Labute approximate surface area is 140 Å². The van der Waals surface area contributed by atoms with Crippen LogP contribution in [-0.2, 0) is 6.54 Å². The average Bonchev–Trinajstić information content (AvgIpc) is 3.26. The highest BCUT2D eigenvalue weighted by Crippen LogP contribution is 2.19. The van der Waals surface area contributed by atoms with Crippen LogP contribution in [0.1, 0.15) is 39.9 Å². The van der Waals surface area contributed by atoms with Crippen molar-refractivity contribution in [2.75, 3.05) is 19.6 Å². The lowest BCUT2D eigenvalue weighted by Crippen LogP contribution is -2.37. The van der Waals surface area contributed by atoms with Gasteiger partial charge in [0.1, 0.15) is 10.7 Å². The van der Waals surface area contributed by atoms with E-state index in [9.17, 15) is 4.79 Å². The first-order valence-electron chi connectivity index (χ1n) is 7.99. The van der Waals surface area contributed by atoms with Crippen molar-refractivity contribution in [3.05, 3.63) is 52.0 Å². The maximum absolute atomic E-state index is 12.5. The predicted octanol–water partition coefficient (Wildman–Crippen LogP) is 2.17. The molecule has 122 valence electrons. The first-order chi connectivity index (χ1) is 11.3. The molecule has 0 spiro atoms. The number of thiazole rings is 1. The van der Waals surface area contributed by atoms with Gasteiger partial charge in [-0.15, -0.1) is 11.3 Å². The van der Waals surface area contributed by atoms with Gasteiger partial charge in [-0.05, 0) is 31.5 Å². The number of amides is 1. The van der Waals surface area contributed by atoms with Gasteiger partial charge in [-0.25, -0.2) is 4.98 Å². The Hall–Kier alpha value is -1.76. The summed E-state index contributed by atoms with van der Waals surface area (Å²) >= 11 is 1.43. The van der Waals surface area contributed by atoms with Crippen molar-refractivity contribution in [1.82, 2.24) is 15.2 Å². The van der Waals surface area contributed by atoms with Crippen LogP contribution in [0, 0.1) is 0 Å². The summed E-state index contributed by atoms with van der Waals surface area (Å²) in [6.45, 7) is 3.41. The molecule has 0 aliphatic carbocycles. The fraction of sp³-hybridized carbons (Fsp3) is 0.412. The van der Waals surface area contributed by atoms with Crippen molar-refractivity contribution in [3.63, 3.8) is 0 Å². The highest BCUT2D eigenvalue weighted by atomic mass is 32.1. The number of carbonyl (C=O) groups is 1. The lowest BCUT2D eigenvalue weighted by molar-refractivity contribution is 0.0922. The molecule has 0 bridgehead atoms. The van der Waals surface area contributed by atoms with Crippen LogP contribution in [0.5, 0.6) is 0 Å². The minimum Gasteiger partial charge on any atom is -0.343 e. The van der Waals surface area contributed by atoms with Crippen molar-refractivity contribution in [2.45, 2.75) is 25.4 Å². The molecule has 1 atom stereocenters. The van der Waals surface area contributed by atoms with E-state index in [4.69, 9.17) is 5.73 Å². The third-order valence-corrected chi connectivity index (χ3v) is 4.98. The summed E-state index contributed by atoms with van der Waals surface area (Å²) < 4.78 is 0. The zero-order valence-electron chi connectivity index (χ0n) is 13.1. The Morgan fingerprint density at radius 2 is 2.04 bits per heavy atom. The molecular formula is C17H22N4OS. The number of hydrogen-bond donors (Lipinski definition) is 2. The van der Waals surface area contributed by atoms with Gasteiger partial charge in [-0.3, -0.25) is 4.79 Å². The summed E-state index contributed by atoms with van der Waals surface area (Å²) in [5, 5.41) is 5.69. The van der Waals surface area contributed by atoms with E-state index in [0.29, 0.717) is 12.2 Å². The minimum atomic E-state index is -0.131. The normalized spacial score (nSPS) is 16.4. The molecule has 3 rings (SSSR count). The predicted molar refractivity (Wildman–Crippen MR) is 92.3 cm³/mol. The van der Waals surface area contributed by atoms with Crippen molar-refractivity contribution in [3.8, 4) is 0 Å². The summed E-state index contributed by atoms with van der Waals surface area (Å²) in [7, 11) is 0. The largest absolute Gasteiger partial charge is 0.343 e. The number of nitrogens with two attached hydrogens (primary N) is 1. The molecule has 2 heterocycles. The molecule has 0 radical (unpaired) electrons. The maximum Gasteiger partial charge on any atom is 0.271 e. The van der Waals surface area contributed by atoms with Gasteiger partial charge in [0.05, 0.1) is 6.04 Å². The van der Waals surface area contributed by atoms with Crippen LogP contribution in [-0.4, -0.2) is 35.4 Å². The third-order valence-electron chi connectivity index (χ3n) is 4.11. The van der Waals surface area contributed by atoms with Crippen LogP contribution < -0.4 is 11.1 Å². The standard InChI is InChI=1S/C17H22N4OS/c18-10-16-19-15(12-23-16)17(22)20-14(11-21-8-4-5-9-21)13-6-2-1-3-7-13/h1-3,6-7,12,14H,4-5,8-11,18H2,(H,20,22). The minimum absolute atomic E-state index is 0.0233. The molecule has 1 saturated heterocycles. The molecule has 6 heteroatoms. The van der Waals surface area contributed by atoms with E-state index in [1.807, 2.05) is 18.2 Å². The Kier molecular flexibility index (Phi) is 5.38. The van der Waals surface area contributed by atoms with Crippen LogP contribution in [0.3, 0.4) is 0 Å². The number of nitrogens with zero attached hydrogens (tertiary/aromatic N) is 2. The van der Waals surface area contributed by atoms with Crippen LogP contribution in [0.25, 0.3) is 0 Å². The second-order valence-electron chi connectivity index (χ2n) is 5.78. The van der Waals surface area contributed by atoms with Crippen LogP contribution >= 0.6 is 11.3 Å². The SMILES string of the molecule is NCc1nc(C(=O)NC(CN2CCCC2)c2ccccc2)cs1. The average molecular weight is 330 g/mol. The van der Waals surface area contributed by atoms with E-state index in [-0.39, 0.29) is 11.9 Å². The first-order valence-corrected chi connectivity index (χ1v) is 8.87. The smallest absolute Gasteiger partial charge is 0.271 e. The van der Waals surface area contributed by atoms with Crippen molar-refractivity contribution < 1.29 is 4.79 Å².